The molecule has 0 bridgehead atoms. The predicted octanol–water partition coefficient (Wildman–Crippen LogP) is 3.49. The highest BCUT2D eigenvalue weighted by atomic mass is 127. The van der Waals surface area contributed by atoms with E-state index in [1.165, 1.54) is 19.3 Å². The van der Waals surface area contributed by atoms with E-state index < -0.39 is 0 Å². The maximum absolute atomic E-state index is 5.78. The minimum Gasteiger partial charge on any atom is -0.492 e. The highest BCUT2D eigenvalue weighted by Gasteiger charge is 2.00. The van der Waals surface area contributed by atoms with Gasteiger partial charge < -0.3 is 20.3 Å². The lowest BCUT2D eigenvalue weighted by Gasteiger charge is -2.12. The molecule has 1 aromatic carbocycles. The number of unbranched alkanes of at least 4 members (excludes halogenated alkanes) is 2. The van der Waals surface area contributed by atoms with Gasteiger partial charge in [0.05, 0.1) is 6.54 Å². The quantitative estimate of drug-likeness (QED) is 0.229. The fourth-order valence-corrected chi connectivity index (χ4v) is 2.17. The van der Waals surface area contributed by atoms with Gasteiger partial charge in [-0.25, -0.2) is 4.99 Å². The number of guanidine groups is 1. The van der Waals surface area contributed by atoms with Crippen LogP contribution in [0.1, 0.15) is 38.7 Å². The number of likely N-dealkylation sites (N-methyl/N-ethyl adjacent to an activating group) is 1. The van der Waals surface area contributed by atoms with Gasteiger partial charge in [0, 0.05) is 19.6 Å². The Morgan fingerprint density at radius 2 is 1.96 bits per heavy atom. The van der Waals surface area contributed by atoms with Crippen molar-refractivity contribution in [2.24, 2.45) is 4.99 Å². The highest BCUT2D eigenvalue weighted by molar-refractivity contribution is 14.0. The Balaban J connectivity index is 0.00000576. The molecular weight excluding hydrogens is 427 g/mol. The fraction of sp³-hybridized carbons (Fsp3) is 0.632. The van der Waals surface area contributed by atoms with Crippen molar-refractivity contribution in [1.29, 1.82) is 0 Å². The molecule has 144 valence electrons. The Kier molecular flexibility index (Phi) is 14.6. The molecule has 5 nitrogen and oxygen atoms in total. The second-order valence-electron chi connectivity index (χ2n) is 6.13. The molecule has 0 aromatic heterocycles. The second-order valence-corrected chi connectivity index (χ2v) is 6.13. The number of hydrogen-bond acceptors (Lipinski definition) is 3. The molecular formula is C19H35IN4O. The van der Waals surface area contributed by atoms with Gasteiger partial charge in [-0.2, -0.15) is 0 Å². The van der Waals surface area contributed by atoms with Gasteiger partial charge in [0.1, 0.15) is 12.4 Å². The maximum atomic E-state index is 5.78. The molecule has 0 saturated carbocycles. The van der Waals surface area contributed by atoms with Gasteiger partial charge >= 0.3 is 0 Å². The molecule has 2 N–H and O–H groups in total. The van der Waals surface area contributed by atoms with Crippen molar-refractivity contribution in [2.45, 2.75) is 39.7 Å². The molecule has 25 heavy (non-hydrogen) atoms. The summed E-state index contributed by atoms with van der Waals surface area (Å²) in [5, 5.41) is 6.68. The molecule has 0 unspecified atom stereocenters. The van der Waals surface area contributed by atoms with E-state index in [1.54, 1.807) is 0 Å². The van der Waals surface area contributed by atoms with E-state index in [2.05, 4.69) is 46.5 Å². The minimum atomic E-state index is 0. The molecule has 6 heteroatoms. The number of halogens is 1. The van der Waals surface area contributed by atoms with Crippen molar-refractivity contribution in [3.8, 4) is 5.75 Å². The van der Waals surface area contributed by atoms with Crippen molar-refractivity contribution < 1.29 is 4.74 Å². The number of rotatable bonds is 11. The van der Waals surface area contributed by atoms with Crippen LogP contribution in [-0.4, -0.2) is 51.2 Å². The molecule has 0 aliphatic carbocycles. The molecule has 0 fully saturated rings. The highest BCUT2D eigenvalue weighted by Crippen LogP contribution is 2.14. The van der Waals surface area contributed by atoms with Crippen LogP contribution in [0.25, 0.3) is 0 Å². The van der Waals surface area contributed by atoms with Crippen LogP contribution >= 0.6 is 24.0 Å². The Morgan fingerprint density at radius 1 is 1.16 bits per heavy atom. The molecule has 1 rings (SSSR count). The van der Waals surface area contributed by atoms with E-state index in [0.717, 1.165) is 36.9 Å². The maximum Gasteiger partial charge on any atom is 0.191 e. The molecule has 0 amide bonds. The number of nitrogens with zero attached hydrogens (tertiary/aromatic N) is 2. The van der Waals surface area contributed by atoms with Crippen molar-refractivity contribution in [3.63, 3.8) is 0 Å². The molecule has 0 aliphatic rings. The first-order valence-electron chi connectivity index (χ1n) is 9.04. The SMILES string of the molecule is CCCCCNC(=NCc1cccc(OCCN(C)C)c1)NCC.I. The zero-order valence-corrected chi connectivity index (χ0v) is 18.5. The lowest BCUT2D eigenvalue weighted by atomic mass is 10.2. The van der Waals surface area contributed by atoms with E-state index in [-0.39, 0.29) is 24.0 Å². The normalized spacial score (nSPS) is 11.2. The third kappa shape index (κ3) is 12.0. The van der Waals surface area contributed by atoms with Gasteiger partial charge in [-0.1, -0.05) is 31.9 Å². The van der Waals surface area contributed by atoms with Crippen LogP contribution in [0.2, 0.25) is 0 Å². The third-order valence-electron chi connectivity index (χ3n) is 3.54. The van der Waals surface area contributed by atoms with Crippen molar-refractivity contribution in [2.75, 3.05) is 40.3 Å². The smallest absolute Gasteiger partial charge is 0.191 e. The Hall–Kier alpha value is -1.02. The van der Waals surface area contributed by atoms with Crippen molar-refractivity contribution >= 4 is 29.9 Å². The van der Waals surface area contributed by atoms with Crippen LogP contribution in [0.15, 0.2) is 29.3 Å². The second kappa shape index (κ2) is 15.3. The summed E-state index contributed by atoms with van der Waals surface area (Å²) in [7, 11) is 4.09. The van der Waals surface area contributed by atoms with Gasteiger partial charge in [0.2, 0.25) is 0 Å². The Morgan fingerprint density at radius 3 is 2.64 bits per heavy atom. The molecule has 0 heterocycles. The number of benzene rings is 1. The summed E-state index contributed by atoms with van der Waals surface area (Å²) in [4.78, 5) is 6.77. The predicted molar refractivity (Wildman–Crippen MR) is 118 cm³/mol. The van der Waals surface area contributed by atoms with Crippen LogP contribution in [0.4, 0.5) is 0 Å². The largest absolute Gasteiger partial charge is 0.492 e. The van der Waals surface area contributed by atoms with E-state index in [4.69, 9.17) is 4.74 Å². The van der Waals surface area contributed by atoms with Gasteiger partial charge in [-0.05, 0) is 45.1 Å². The van der Waals surface area contributed by atoms with Crippen LogP contribution < -0.4 is 15.4 Å². The standard InChI is InChI=1S/C19H34N4O.HI/c1-5-7-8-12-21-19(20-6-2)22-16-17-10-9-11-18(15-17)24-14-13-23(3)4;/h9-11,15H,5-8,12-14,16H2,1-4H3,(H2,20,21,22);1H. The third-order valence-corrected chi connectivity index (χ3v) is 3.54. The molecule has 0 saturated heterocycles. The van der Waals surface area contributed by atoms with Crippen LogP contribution in [0.3, 0.4) is 0 Å². The minimum absolute atomic E-state index is 0. The first-order valence-corrected chi connectivity index (χ1v) is 9.04. The van der Waals surface area contributed by atoms with Crippen molar-refractivity contribution in [3.05, 3.63) is 29.8 Å². The summed E-state index contributed by atoms with van der Waals surface area (Å²) in [6.45, 7) is 8.39. The van der Waals surface area contributed by atoms with Gasteiger partial charge in [-0.15, -0.1) is 24.0 Å². The van der Waals surface area contributed by atoms with Gasteiger partial charge in [-0.3, -0.25) is 0 Å². The van der Waals surface area contributed by atoms with Gasteiger partial charge in [0.25, 0.3) is 0 Å². The van der Waals surface area contributed by atoms with Crippen LogP contribution in [0, 0.1) is 0 Å². The van der Waals surface area contributed by atoms with Crippen LogP contribution in [0.5, 0.6) is 5.75 Å². The summed E-state index contributed by atoms with van der Waals surface area (Å²) < 4.78 is 5.78. The Bertz CT molecular complexity index is 480. The lowest BCUT2D eigenvalue weighted by Crippen LogP contribution is -2.37. The number of ether oxygens (including phenoxy) is 1. The molecule has 0 atom stereocenters. The number of hydrogen-bond donors (Lipinski definition) is 2. The summed E-state index contributed by atoms with van der Waals surface area (Å²) in [5.41, 5.74) is 1.16. The summed E-state index contributed by atoms with van der Waals surface area (Å²) in [5.74, 6) is 1.79. The average molecular weight is 462 g/mol. The average Bonchev–Trinajstić information content (AvgIpc) is 2.56. The number of aliphatic imine (C=N–C) groups is 1. The molecule has 0 radical (unpaired) electrons. The topological polar surface area (TPSA) is 48.9 Å². The first kappa shape index (κ1) is 24.0. The van der Waals surface area contributed by atoms with E-state index in [0.29, 0.717) is 13.2 Å². The fourth-order valence-electron chi connectivity index (χ4n) is 2.17. The zero-order valence-electron chi connectivity index (χ0n) is 16.2. The van der Waals surface area contributed by atoms with E-state index in [1.807, 2.05) is 26.2 Å². The van der Waals surface area contributed by atoms with Crippen molar-refractivity contribution in [1.82, 2.24) is 15.5 Å². The first-order chi connectivity index (χ1) is 11.7. The van der Waals surface area contributed by atoms with E-state index >= 15 is 0 Å². The zero-order chi connectivity index (χ0) is 17.6. The molecule has 0 spiro atoms. The Labute approximate surface area is 170 Å². The summed E-state index contributed by atoms with van der Waals surface area (Å²) >= 11 is 0. The van der Waals surface area contributed by atoms with Crippen LogP contribution in [-0.2, 0) is 6.54 Å². The lowest BCUT2D eigenvalue weighted by molar-refractivity contribution is 0.261. The number of nitrogens with one attached hydrogen (secondary N) is 2. The summed E-state index contributed by atoms with van der Waals surface area (Å²) in [6, 6.07) is 8.18. The van der Waals surface area contributed by atoms with E-state index in [9.17, 15) is 0 Å². The van der Waals surface area contributed by atoms with Gasteiger partial charge in [0.15, 0.2) is 5.96 Å². The summed E-state index contributed by atoms with van der Waals surface area (Å²) in [6.07, 6.45) is 3.66. The molecule has 1 aromatic rings. The molecule has 0 aliphatic heterocycles. The monoisotopic (exact) mass is 462 g/mol.